The molecule has 0 spiro atoms. The van der Waals surface area contributed by atoms with Crippen LogP contribution >= 0.6 is 0 Å². The number of carboxylic acids is 2. The van der Waals surface area contributed by atoms with E-state index >= 15 is 0 Å². The monoisotopic (exact) mass is 590 g/mol. The Bertz CT molecular complexity index is 1180. The lowest BCUT2D eigenvalue weighted by Crippen LogP contribution is -2.47. The standard InChI is InChI=1S/C26H34N6O10/c33-23-3-1-21(31(39)40)13-19(23)15-27-5-9-29(17-25(35)36)11-7-28(8-12-30(10-6-27)18-26(37)38)16-20-14-22(32(41)42)2-4-24(20)34/h1-4,13-14,33-34H,5-12,15-18H2,(H,35,36)(H,37,38). The molecule has 0 aromatic heterocycles. The van der Waals surface area contributed by atoms with E-state index in [1.807, 2.05) is 9.80 Å². The highest BCUT2D eigenvalue weighted by Crippen LogP contribution is 2.26. The van der Waals surface area contributed by atoms with Crippen LogP contribution in [-0.2, 0) is 22.7 Å². The van der Waals surface area contributed by atoms with E-state index < -0.39 is 21.8 Å². The largest absolute Gasteiger partial charge is 0.508 e. The maximum atomic E-state index is 11.6. The highest BCUT2D eigenvalue weighted by Gasteiger charge is 2.22. The van der Waals surface area contributed by atoms with Gasteiger partial charge in [0.2, 0.25) is 0 Å². The molecule has 0 atom stereocenters. The Morgan fingerprint density at radius 1 is 0.619 bits per heavy atom. The second kappa shape index (κ2) is 15.0. The maximum Gasteiger partial charge on any atom is 0.317 e. The summed E-state index contributed by atoms with van der Waals surface area (Å²) in [5, 5.41) is 62.1. The molecule has 16 heteroatoms. The Labute approximate surface area is 240 Å². The first kappa shape index (κ1) is 32.1. The van der Waals surface area contributed by atoms with Crippen molar-refractivity contribution in [3.05, 3.63) is 67.8 Å². The molecule has 0 amide bonds. The fourth-order valence-electron chi connectivity index (χ4n) is 4.70. The van der Waals surface area contributed by atoms with E-state index in [0.717, 1.165) is 0 Å². The van der Waals surface area contributed by atoms with Crippen molar-refractivity contribution in [3.8, 4) is 11.5 Å². The number of carboxylic acid groups (broad SMARTS) is 2. The second-order valence-corrected chi connectivity index (χ2v) is 10.0. The third kappa shape index (κ3) is 9.91. The minimum absolute atomic E-state index is 0.119. The molecule has 0 bridgehead atoms. The van der Waals surface area contributed by atoms with Crippen molar-refractivity contribution in [3.63, 3.8) is 0 Å². The van der Waals surface area contributed by atoms with Crippen LogP contribution in [0.3, 0.4) is 0 Å². The summed E-state index contributed by atoms with van der Waals surface area (Å²) in [7, 11) is 0. The molecule has 1 fully saturated rings. The number of nitrogens with zero attached hydrogens (tertiary/aromatic N) is 6. The second-order valence-electron chi connectivity index (χ2n) is 10.0. The summed E-state index contributed by atoms with van der Waals surface area (Å²) in [5.41, 5.74) is 0.252. The van der Waals surface area contributed by atoms with Gasteiger partial charge in [0.1, 0.15) is 11.5 Å². The van der Waals surface area contributed by atoms with Gasteiger partial charge in [-0.3, -0.25) is 49.4 Å². The molecule has 42 heavy (non-hydrogen) atoms. The first-order valence-electron chi connectivity index (χ1n) is 13.2. The van der Waals surface area contributed by atoms with Crippen molar-refractivity contribution in [2.24, 2.45) is 0 Å². The zero-order chi connectivity index (χ0) is 30.8. The number of nitro groups is 2. The molecular formula is C26H34N6O10. The first-order chi connectivity index (χ1) is 19.9. The molecule has 4 N–H and O–H groups in total. The van der Waals surface area contributed by atoms with E-state index in [-0.39, 0.29) is 75.2 Å². The topological polar surface area (TPSA) is 214 Å². The lowest BCUT2D eigenvalue weighted by atomic mass is 10.1. The number of non-ortho nitro benzene ring substituents is 2. The SMILES string of the molecule is O=C(O)CN1CCN(Cc2cc([N+](=O)[O-])ccc2O)CCN(CC(=O)O)CCN(Cc2cc([N+](=O)[O-])ccc2O)CC1. The summed E-state index contributed by atoms with van der Waals surface area (Å²) in [6.07, 6.45) is 0. The Kier molecular flexibility index (Phi) is 11.5. The smallest absolute Gasteiger partial charge is 0.317 e. The number of benzene rings is 2. The molecule has 2 aromatic rings. The van der Waals surface area contributed by atoms with Gasteiger partial charge >= 0.3 is 11.9 Å². The summed E-state index contributed by atoms with van der Waals surface area (Å²) < 4.78 is 0. The van der Waals surface area contributed by atoms with E-state index in [9.17, 15) is 50.2 Å². The van der Waals surface area contributed by atoms with Gasteiger partial charge in [0.15, 0.2) is 0 Å². The van der Waals surface area contributed by atoms with Gasteiger partial charge in [0.25, 0.3) is 11.4 Å². The highest BCUT2D eigenvalue weighted by molar-refractivity contribution is 5.69. The lowest BCUT2D eigenvalue weighted by Gasteiger charge is -2.33. The molecule has 1 aliphatic rings. The van der Waals surface area contributed by atoms with Crippen LogP contribution in [0.1, 0.15) is 11.1 Å². The molecule has 2 aromatic carbocycles. The lowest BCUT2D eigenvalue weighted by molar-refractivity contribution is -0.385. The van der Waals surface area contributed by atoms with Crippen molar-refractivity contribution in [1.82, 2.24) is 19.6 Å². The number of carbonyl (C=O) groups is 2. The van der Waals surface area contributed by atoms with Crippen LogP contribution in [-0.4, -0.2) is 127 Å². The quantitative estimate of drug-likeness (QED) is 0.224. The zero-order valence-electron chi connectivity index (χ0n) is 22.9. The molecule has 0 unspecified atom stereocenters. The number of hydrogen-bond acceptors (Lipinski definition) is 12. The van der Waals surface area contributed by atoms with Crippen LogP contribution in [0.2, 0.25) is 0 Å². The third-order valence-electron chi connectivity index (χ3n) is 6.98. The number of rotatable bonds is 10. The molecule has 1 saturated heterocycles. The Morgan fingerprint density at radius 2 is 0.929 bits per heavy atom. The summed E-state index contributed by atoms with van der Waals surface area (Å²) in [5.74, 6) is -2.34. The van der Waals surface area contributed by atoms with Crippen molar-refractivity contribution in [2.45, 2.75) is 13.1 Å². The molecule has 0 aliphatic carbocycles. The van der Waals surface area contributed by atoms with Crippen LogP contribution in [0, 0.1) is 20.2 Å². The molecule has 228 valence electrons. The van der Waals surface area contributed by atoms with Crippen LogP contribution in [0.25, 0.3) is 0 Å². The number of aliphatic carboxylic acids is 2. The van der Waals surface area contributed by atoms with Crippen molar-refractivity contribution in [2.75, 3.05) is 65.4 Å². The van der Waals surface area contributed by atoms with Gasteiger partial charge in [0, 0.05) is 101 Å². The summed E-state index contributed by atoms with van der Waals surface area (Å²) in [6, 6.07) is 7.42. The minimum Gasteiger partial charge on any atom is -0.508 e. The summed E-state index contributed by atoms with van der Waals surface area (Å²) in [6.45, 7) is 2.14. The predicted molar refractivity (Wildman–Crippen MR) is 148 cm³/mol. The molecular weight excluding hydrogens is 556 g/mol. The number of aromatic hydroxyl groups is 2. The average molecular weight is 591 g/mol. The van der Waals surface area contributed by atoms with Gasteiger partial charge in [0.05, 0.1) is 22.9 Å². The van der Waals surface area contributed by atoms with E-state index in [1.54, 1.807) is 9.80 Å². The predicted octanol–water partition coefficient (Wildman–Crippen LogP) is 1.01. The number of nitro benzene ring substituents is 2. The van der Waals surface area contributed by atoms with Crippen LogP contribution in [0.4, 0.5) is 11.4 Å². The highest BCUT2D eigenvalue weighted by atomic mass is 16.6. The zero-order valence-corrected chi connectivity index (χ0v) is 22.9. The van der Waals surface area contributed by atoms with Gasteiger partial charge in [-0.15, -0.1) is 0 Å². The van der Waals surface area contributed by atoms with Crippen LogP contribution in [0.15, 0.2) is 36.4 Å². The molecule has 3 rings (SSSR count). The Hall–Kier alpha value is -4.38. The van der Waals surface area contributed by atoms with Gasteiger partial charge in [-0.25, -0.2) is 0 Å². The van der Waals surface area contributed by atoms with E-state index in [4.69, 9.17) is 0 Å². The Morgan fingerprint density at radius 3 is 1.21 bits per heavy atom. The van der Waals surface area contributed by atoms with E-state index in [2.05, 4.69) is 0 Å². The van der Waals surface area contributed by atoms with Crippen molar-refractivity contribution in [1.29, 1.82) is 0 Å². The van der Waals surface area contributed by atoms with Gasteiger partial charge < -0.3 is 20.4 Å². The first-order valence-corrected chi connectivity index (χ1v) is 13.2. The minimum atomic E-state index is -1.04. The normalized spacial score (nSPS) is 16.8. The van der Waals surface area contributed by atoms with Gasteiger partial charge in [-0.1, -0.05) is 0 Å². The number of phenols is 2. The summed E-state index contributed by atoms with van der Waals surface area (Å²) in [4.78, 5) is 51.7. The fourth-order valence-corrected chi connectivity index (χ4v) is 4.70. The Balaban J connectivity index is 1.84. The molecule has 0 saturated carbocycles. The molecule has 1 aliphatic heterocycles. The van der Waals surface area contributed by atoms with Crippen molar-refractivity contribution < 1.29 is 39.9 Å². The number of phenolic OH excluding ortho intramolecular Hbond substituents is 2. The molecule has 16 nitrogen and oxygen atoms in total. The number of hydrogen-bond donors (Lipinski definition) is 4. The summed E-state index contributed by atoms with van der Waals surface area (Å²) >= 11 is 0. The van der Waals surface area contributed by atoms with Crippen LogP contribution in [0.5, 0.6) is 11.5 Å². The third-order valence-corrected chi connectivity index (χ3v) is 6.98. The maximum absolute atomic E-state index is 11.6. The van der Waals surface area contributed by atoms with E-state index in [1.165, 1.54) is 36.4 Å². The van der Waals surface area contributed by atoms with Crippen LogP contribution < -0.4 is 0 Å². The molecule has 1 heterocycles. The van der Waals surface area contributed by atoms with Crippen molar-refractivity contribution >= 4 is 23.3 Å². The van der Waals surface area contributed by atoms with Gasteiger partial charge in [-0.05, 0) is 12.1 Å². The average Bonchev–Trinajstić information content (AvgIpc) is 2.91. The fraction of sp³-hybridized carbons (Fsp3) is 0.462. The molecule has 0 radical (unpaired) electrons. The van der Waals surface area contributed by atoms with Gasteiger partial charge in [-0.2, -0.15) is 0 Å². The van der Waals surface area contributed by atoms with E-state index in [0.29, 0.717) is 37.3 Å².